The number of non-ortho nitro benzene ring substituents is 1. The summed E-state index contributed by atoms with van der Waals surface area (Å²) in [5.74, 6) is 0.529. The summed E-state index contributed by atoms with van der Waals surface area (Å²) in [6.07, 6.45) is 0. The lowest BCUT2D eigenvalue weighted by Gasteiger charge is -2.12. The van der Waals surface area contributed by atoms with Crippen LogP contribution in [0.1, 0.15) is 0 Å². The van der Waals surface area contributed by atoms with Gasteiger partial charge in [0.15, 0.2) is 0 Å². The van der Waals surface area contributed by atoms with E-state index in [1.54, 1.807) is 37.4 Å². The van der Waals surface area contributed by atoms with Crippen LogP contribution in [0.5, 0.6) is 5.75 Å². The van der Waals surface area contributed by atoms with Gasteiger partial charge < -0.3 is 10.1 Å². The monoisotopic (exact) mass is 271 g/mol. The van der Waals surface area contributed by atoms with Gasteiger partial charge in [0, 0.05) is 11.5 Å². The Morgan fingerprint density at radius 1 is 1.35 bits per heavy atom. The van der Waals surface area contributed by atoms with E-state index in [0.717, 1.165) is 0 Å². The summed E-state index contributed by atoms with van der Waals surface area (Å²) < 4.78 is 5.59. The first kappa shape index (κ1) is 13.8. The second-order valence-corrected chi connectivity index (χ2v) is 4.17. The zero-order chi connectivity index (χ0) is 14.5. The molecule has 0 bridgehead atoms. The number of nitrogens with zero attached hydrogens (tertiary/aromatic N) is 2. The first-order valence-electron chi connectivity index (χ1n) is 6.03. The lowest BCUT2D eigenvalue weighted by atomic mass is 10.1. The summed E-state index contributed by atoms with van der Waals surface area (Å²) in [7, 11) is 1.67. The summed E-state index contributed by atoms with van der Waals surface area (Å²) in [6, 6.07) is 11.6. The molecular weight excluding hydrogens is 258 g/mol. The molecule has 2 rings (SSSR count). The third kappa shape index (κ3) is 2.68. The topological polar surface area (TPSA) is 88.2 Å². The van der Waals surface area contributed by atoms with Gasteiger partial charge in [0.1, 0.15) is 18.4 Å². The smallest absolute Gasteiger partial charge is 0.277 e. The summed E-state index contributed by atoms with van der Waals surface area (Å²) >= 11 is 0. The SMILES string of the molecule is CNC(C#N)COc1ccc([N+](=O)[O-])c2ccccc12. The van der Waals surface area contributed by atoms with Crippen molar-refractivity contribution in [2.45, 2.75) is 6.04 Å². The molecule has 2 aromatic rings. The molecule has 6 nitrogen and oxygen atoms in total. The Balaban J connectivity index is 2.39. The Labute approximate surface area is 115 Å². The molecule has 0 spiro atoms. The molecule has 0 aliphatic rings. The lowest BCUT2D eigenvalue weighted by molar-refractivity contribution is -0.383. The van der Waals surface area contributed by atoms with Crippen molar-refractivity contribution in [3.8, 4) is 11.8 Å². The number of benzene rings is 2. The molecule has 0 amide bonds. The fraction of sp³-hybridized carbons (Fsp3) is 0.214. The molecule has 1 unspecified atom stereocenters. The lowest BCUT2D eigenvalue weighted by Crippen LogP contribution is -2.29. The van der Waals surface area contributed by atoms with Crippen molar-refractivity contribution >= 4 is 16.5 Å². The molecule has 102 valence electrons. The highest BCUT2D eigenvalue weighted by molar-refractivity contribution is 5.95. The minimum Gasteiger partial charge on any atom is -0.490 e. The number of rotatable bonds is 5. The van der Waals surface area contributed by atoms with Crippen LogP contribution in [0.3, 0.4) is 0 Å². The maximum Gasteiger partial charge on any atom is 0.277 e. The second-order valence-electron chi connectivity index (χ2n) is 4.17. The molecule has 2 aromatic carbocycles. The molecule has 0 radical (unpaired) electrons. The Hall–Kier alpha value is -2.65. The summed E-state index contributed by atoms with van der Waals surface area (Å²) in [5, 5.41) is 23.8. The first-order chi connectivity index (χ1) is 9.67. The highest BCUT2D eigenvalue weighted by atomic mass is 16.6. The van der Waals surface area contributed by atoms with Gasteiger partial charge in [-0.05, 0) is 19.2 Å². The normalized spacial score (nSPS) is 11.8. The molecule has 6 heteroatoms. The van der Waals surface area contributed by atoms with Gasteiger partial charge in [0.25, 0.3) is 5.69 Å². The Kier molecular flexibility index (Phi) is 4.13. The first-order valence-corrected chi connectivity index (χ1v) is 6.03. The molecule has 0 aliphatic heterocycles. The van der Waals surface area contributed by atoms with Crippen molar-refractivity contribution in [2.24, 2.45) is 0 Å². The van der Waals surface area contributed by atoms with Crippen LogP contribution in [0.4, 0.5) is 5.69 Å². The average molecular weight is 271 g/mol. The molecular formula is C14H13N3O3. The van der Waals surface area contributed by atoms with Gasteiger partial charge in [0.2, 0.25) is 0 Å². The maximum absolute atomic E-state index is 11.0. The number of fused-ring (bicyclic) bond motifs is 1. The number of hydrogen-bond donors (Lipinski definition) is 1. The maximum atomic E-state index is 11.0. The van der Waals surface area contributed by atoms with E-state index in [9.17, 15) is 10.1 Å². The van der Waals surface area contributed by atoms with Gasteiger partial charge in [0.05, 0.1) is 16.4 Å². The zero-order valence-electron chi connectivity index (χ0n) is 10.9. The number of nitro groups is 1. The van der Waals surface area contributed by atoms with Crippen LogP contribution in [0.2, 0.25) is 0 Å². The number of ether oxygens (including phenoxy) is 1. The molecule has 20 heavy (non-hydrogen) atoms. The van der Waals surface area contributed by atoms with Crippen molar-refractivity contribution in [3.05, 3.63) is 46.5 Å². The van der Waals surface area contributed by atoms with E-state index in [-0.39, 0.29) is 12.3 Å². The van der Waals surface area contributed by atoms with Crippen molar-refractivity contribution in [1.29, 1.82) is 5.26 Å². The summed E-state index contributed by atoms with van der Waals surface area (Å²) in [5.41, 5.74) is 0.0402. The predicted octanol–water partition coefficient (Wildman–Crippen LogP) is 2.24. The van der Waals surface area contributed by atoms with E-state index in [1.165, 1.54) is 6.07 Å². The second kappa shape index (κ2) is 5.99. The van der Waals surface area contributed by atoms with Gasteiger partial charge in [-0.15, -0.1) is 0 Å². The minimum absolute atomic E-state index is 0.0402. The molecule has 0 saturated carbocycles. The van der Waals surface area contributed by atoms with Crippen LogP contribution in [0.15, 0.2) is 36.4 Å². The number of likely N-dealkylation sites (N-methyl/N-ethyl adjacent to an activating group) is 1. The predicted molar refractivity (Wildman–Crippen MR) is 74.6 cm³/mol. The highest BCUT2D eigenvalue weighted by Crippen LogP contribution is 2.32. The highest BCUT2D eigenvalue weighted by Gasteiger charge is 2.15. The van der Waals surface area contributed by atoms with Crippen molar-refractivity contribution in [1.82, 2.24) is 5.32 Å². The van der Waals surface area contributed by atoms with Gasteiger partial charge in [-0.2, -0.15) is 5.26 Å². The third-order valence-electron chi connectivity index (χ3n) is 2.97. The van der Waals surface area contributed by atoms with E-state index >= 15 is 0 Å². The largest absolute Gasteiger partial charge is 0.490 e. The quantitative estimate of drug-likeness (QED) is 0.665. The number of nitro benzene ring substituents is 1. The molecule has 0 aliphatic carbocycles. The zero-order valence-corrected chi connectivity index (χ0v) is 10.9. The van der Waals surface area contributed by atoms with Crippen LogP contribution in [0.25, 0.3) is 10.8 Å². The van der Waals surface area contributed by atoms with Gasteiger partial charge in [-0.3, -0.25) is 10.1 Å². The molecule has 1 atom stereocenters. The van der Waals surface area contributed by atoms with Crippen LogP contribution in [-0.4, -0.2) is 24.6 Å². The van der Waals surface area contributed by atoms with Crippen molar-refractivity contribution < 1.29 is 9.66 Å². The molecule has 0 heterocycles. The Morgan fingerprint density at radius 2 is 2.05 bits per heavy atom. The molecule has 0 saturated heterocycles. The Bertz CT molecular complexity index is 679. The van der Waals surface area contributed by atoms with E-state index < -0.39 is 11.0 Å². The molecule has 0 aromatic heterocycles. The summed E-state index contributed by atoms with van der Waals surface area (Å²) in [6.45, 7) is 0.175. The number of hydrogen-bond acceptors (Lipinski definition) is 5. The van der Waals surface area contributed by atoms with E-state index in [4.69, 9.17) is 10.00 Å². The minimum atomic E-state index is -0.427. The summed E-state index contributed by atoms with van der Waals surface area (Å²) in [4.78, 5) is 10.6. The van der Waals surface area contributed by atoms with Crippen LogP contribution in [0, 0.1) is 21.4 Å². The van der Waals surface area contributed by atoms with Crippen molar-refractivity contribution in [2.75, 3.05) is 13.7 Å². The van der Waals surface area contributed by atoms with E-state index in [0.29, 0.717) is 16.5 Å². The van der Waals surface area contributed by atoms with Crippen LogP contribution in [-0.2, 0) is 0 Å². The fourth-order valence-corrected chi connectivity index (χ4v) is 1.90. The standard InChI is InChI=1S/C14H13N3O3/c1-16-10(8-15)9-20-14-7-6-13(17(18)19)11-4-2-3-5-12(11)14/h2-7,10,16H,9H2,1H3. The van der Waals surface area contributed by atoms with Crippen molar-refractivity contribution in [3.63, 3.8) is 0 Å². The van der Waals surface area contributed by atoms with E-state index in [2.05, 4.69) is 11.4 Å². The third-order valence-corrected chi connectivity index (χ3v) is 2.97. The van der Waals surface area contributed by atoms with Crippen LogP contribution >= 0.6 is 0 Å². The average Bonchev–Trinajstić information content (AvgIpc) is 2.47. The van der Waals surface area contributed by atoms with Gasteiger partial charge in [-0.1, -0.05) is 18.2 Å². The molecule has 0 fully saturated rings. The number of nitriles is 1. The van der Waals surface area contributed by atoms with E-state index in [1.807, 2.05) is 0 Å². The van der Waals surface area contributed by atoms with Crippen LogP contribution < -0.4 is 10.1 Å². The van der Waals surface area contributed by atoms with Gasteiger partial charge in [-0.25, -0.2) is 0 Å². The fourth-order valence-electron chi connectivity index (χ4n) is 1.90. The Morgan fingerprint density at radius 3 is 2.65 bits per heavy atom. The molecule has 1 N–H and O–H groups in total. The number of nitrogens with one attached hydrogen (secondary N) is 1. The van der Waals surface area contributed by atoms with Gasteiger partial charge >= 0.3 is 0 Å².